The average Bonchev–Trinajstić information content (AvgIpc) is 3.83. The lowest BCUT2D eigenvalue weighted by molar-refractivity contribution is -0.196. The average molecular weight is 679 g/mol. The van der Waals surface area contributed by atoms with E-state index in [1.54, 1.807) is 5.57 Å². The van der Waals surface area contributed by atoms with E-state index in [2.05, 4.69) is 68.4 Å². The number of rotatable bonds is 15. The maximum Gasteiger partial charge on any atom is 0.306 e. The van der Waals surface area contributed by atoms with Gasteiger partial charge in [-0.3, -0.25) is 4.79 Å². The fraction of sp³-hybridized carbons (Fsp3) is 0.935. The molecule has 3 nitrogen and oxygen atoms in total. The van der Waals surface area contributed by atoms with E-state index in [9.17, 15) is 4.79 Å². The Balaban J connectivity index is 1.01. The summed E-state index contributed by atoms with van der Waals surface area (Å²) in [6, 6.07) is 0. The number of carbonyl (C=O) groups is 1. The number of esters is 1. The van der Waals surface area contributed by atoms with Gasteiger partial charge < -0.3 is 9.47 Å². The van der Waals surface area contributed by atoms with Crippen LogP contribution in [0.1, 0.15) is 204 Å². The molecule has 10 atom stereocenters. The van der Waals surface area contributed by atoms with Crippen LogP contribution in [0.3, 0.4) is 0 Å². The summed E-state index contributed by atoms with van der Waals surface area (Å²) in [6.07, 6.45) is 31.4. The molecule has 5 fully saturated rings. The fourth-order valence-electron chi connectivity index (χ4n) is 13.9. The minimum absolute atomic E-state index is 0.0158. The van der Waals surface area contributed by atoms with Crippen molar-refractivity contribution in [3.63, 3.8) is 0 Å². The second kappa shape index (κ2) is 14.2. The highest BCUT2D eigenvalue weighted by Crippen LogP contribution is 2.78. The standard InChI is InChI=1S/C46H78O3/c1-10-11-12-13-14-15-16-17-18-19-20-21-22-23-37(47)48-36-26-29-44(7)33(42(36,4)5)25-28-45(8)34-24-27-43(6)31-30-41(2,3)32-35(43)46(34,9)40-38(49-40)39(44)45/h24,33,35-36,38-40H,10-23,25-32H2,1-9H3/t33-,35+,36-,38-,39+,40-,43-,44-,45-,46+/m1/s1. The van der Waals surface area contributed by atoms with Crippen LogP contribution in [-0.4, -0.2) is 24.3 Å². The lowest BCUT2D eigenvalue weighted by atomic mass is 9.34. The molecular weight excluding hydrogens is 601 g/mol. The van der Waals surface area contributed by atoms with Crippen LogP contribution in [0.15, 0.2) is 11.6 Å². The third-order valence-electron chi connectivity index (χ3n) is 16.7. The van der Waals surface area contributed by atoms with E-state index in [1.165, 1.54) is 109 Å². The number of hydrogen-bond acceptors (Lipinski definition) is 3. The third kappa shape index (κ3) is 6.89. The number of unbranched alkanes of at least 4 members (excludes halogenated alkanes) is 12. The predicted octanol–water partition coefficient (Wildman–Crippen LogP) is 13.2. The SMILES string of the molecule is CCCCCCCCCCCCCCCC(=O)O[C@@H]1CC[C@]2(C)[C@H](CC[C@]3(C)C4=CC[C@]5(C)CCC(C)(C)C[C@@H]5[C@@]4(C)[C@@H]4O[C@@H]4[C@@H]23)C1(C)C. The lowest BCUT2D eigenvalue weighted by Crippen LogP contribution is -2.65. The zero-order valence-corrected chi connectivity index (χ0v) is 33.8. The molecule has 0 aromatic rings. The van der Waals surface area contributed by atoms with Crippen molar-refractivity contribution in [2.24, 2.45) is 50.2 Å². The van der Waals surface area contributed by atoms with Gasteiger partial charge in [0, 0.05) is 23.2 Å². The number of ether oxygens (including phenoxy) is 2. The van der Waals surface area contributed by atoms with Gasteiger partial charge in [-0.25, -0.2) is 0 Å². The molecule has 3 heteroatoms. The first kappa shape index (κ1) is 37.9. The number of fused-ring (bicyclic) bond motifs is 10. The van der Waals surface area contributed by atoms with Crippen molar-refractivity contribution in [1.82, 2.24) is 0 Å². The monoisotopic (exact) mass is 679 g/mol. The van der Waals surface area contributed by atoms with Gasteiger partial charge in [0.05, 0.1) is 12.2 Å². The Hall–Kier alpha value is -0.830. The highest BCUT2D eigenvalue weighted by atomic mass is 16.6. The zero-order valence-electron chi connectivity index (χ0n) is 33.8. The van der Waals surface area contributed by atoms with Crippen LogP contribution in [0, 0.1) is 50.2 Å². The van der Waals surface area contributed by atoms with Crippen LogP contribution >= 0.6 is 0 Å². The van der Waals surface area contributed by atoms with Crippen LogP contribution in [0.25, 0.3) is 0 Å². The molecule has 1 heterocycles. The van der Waals surface area contributed by atoms with E-state index in [0.29, 0.717) is 47.2 Å². The van der Waals surface area contributed by atoms with Crippen molar-refractivity contribution < 1.29 is 14.3 Å². The molecule has 0 aromatic heterocycles. The largest absolute Gasteiger partial charge is 0.462 e. The third-order valence-corrected chi connectivity index (χ3v) is 16.7. The van der Waals surface area contributed by atoms with Crippen molar-refractivity contribution in [2.75, 3.05) is 0 Å². The summed E-state index contributed by atoms with van der Waals surface area (Å²) in [6.45, 7) is 22.7. The minimum atomic E-state index is -0.0158. The van der Waals surface area contributed by atoms with Crippen molar-refractivity contribution >= 4 is 5.97 Å². The summed E-state index contributed by atoms with van der Waals surface area (Å²) in [5.41, 5.74) is 3.18. The predicted molar refractivity (Wildman–Crippen MR) is 204 cm³/mol. The van der Waals surface area contributed by atoms with Crippen LogP contribution in [0.2, 0.25) is 0 Å². The lowest BCUT2D eigenvalue weighted by Gasteiger charge is -2.69. The van der Waals surface area contributed by atoms with Gasteiger partial charge in [0.1, 0.15) is 6.10 Å². The van der Waals surface area contributed by atoms with Crippen LogP contribution in [0.4, 0.5) is 0 Å². The molecule has 4 saturated carbocycles. The molecule has 49 heavy (non-hydrogen) atoms. The summed E-state index contributed by atoms with van der Waals surface area (Å²) < 4.78 is 13.4. The highest BCUT2D eigenvalue weighted by Gasteiger charge is 2.77. The van der Waals surface area contributed by atoms with Crippen molar-refractivity contribution in [2.45, 2.75) is 222 Å². The van der Waals surface area contributed by atoms with Crippen molar-refractivity contribution in [1.29, 1.82) is 0 Å². The molecule has 6 aliphatic rings. The molecule has 0 amide bonds. The van der Waals surface area contributed by atoms with Gasteiger partial charge in [0.25, 0.3) is 0 Å². The van der Waals surface area contributed by atoms with Gasteiger partial charge in [0.2, 0.25) is 0 Å². The highest BCUT2D eigenvalue weighted by molar-refractivity contribution is 5.69. The molecule has 0 aromatic carbocycles. The molecule has 1 aliphatic heterocycles. The Morgan fingerprint density at radius 3 is 2.00 bits per heavy atom. The van der Waals surface area contributed by atoms with Crippen LogP contribution in [0.5, 0.6) is 0 Å². The smallest absolute Gasteiger partial charge is 0.306 e. The maximum atomic E-state index is 13.2. The summed E-state index contributed by atoms with van der Waals surface area (Å²) in [4.78, 5) is 13.2. The number of hydrogen-bond donors (Lipinski definition) is 0. The molecule has 0 radical (unpaired) electrons. The van der Waals surface area contributed by atoms with Crippen molar-refractivity contribution in [3.05, 3.63) is 11.6 Å². The summed E-state index contributed by atoms with van der Waals surface area (Å²) in [5.74, 6) is 1.88. The Morgan fingerprint density at radius 2 is 1.37 bits per heavy atom. The molecule has 0 spiro atoms. The van der Waals surface area contributed by atoms with E-state index in [-0.39, 0.29) is 33.7 Å². The molecule has 0 N–H and O–H groups in total. The van der Waals surface area contributed by atoms with Gasteiger partial charge in [0.15, 0.2) is 0 Å². The van der Waals surface area contributed by atoms with Crippen LogP contribution < -0.4 is 0 Å². The Morgan fingerprint density at radius 1 is 0.755 bits per heavy atom. The van der Waals surface area contributed by atoms with Gasteiger partial charge in [-0.1, -0.05) is 151 Å². The van der Waals surface area contributed by atoms with Crippen molar-refractivity contribution in [3.8, 4) is 0 Å². The normalized spacial score (nSPS) is 42.8. The first-order valence-corrected chi connectivity index (χ1v) is 21.7. The van der Waals surface area contributed by atoms with Gasteiger partial charge >= 0.3 is 5.97 Å². The molecule has 1 saturated heterocycles. The fourth-order valence-corrected chi connectivity index (χ4v) is 13.9. The van der Waals surface area contributed by atoms with Gasteiger partial charge in [-0.05, 0) is 91.3 Å². The van der Waals surface area contributed by atoms with E-state index in [0.717, 1.165) is 25.7 Å². The molecule has 6 rings (SSSR count). The van der Waals surface area contributed by atoms with Gasteiger partial charge in [-0.2, -0.15) is 0 Å². The molecule has 5 aliphatic carbocycles. The zero-order chi connectivity index (χ0) is 35.3. The number of allylic oxidation sites excluding steroid dienone is 1. The first-order valence-electron chi connectivity index (χ1n) is 21.7. The second-order valence-corrected chi connectivity index (χ2v) is 21.0. The van der Waals surface area contributed by atoms with Gasteiger partial charge in [-0.15, -0.1) is 0 Å². The Kier molecular flexibility index (Phi) is 11.0. The van der Waals surface area contributed by atoms with E-state index < -0.39 is 0 Å². The van der Waals surface area contributed by atoms with Crippen LogP contribution in [-0.2, 0) is 14.3 Å². The molecule has 0 unspecified atom stereocenters. The molecule has 0 bridgehead atoms. The number of carbonyl (C=O) groups excluding carboxylic acids is 1. The van der Waals surface area contributed by atoms with E-state index >= 15 is 0 Å². The minimum Gasteiger partial charge on any atom is -0.462 e. The quantitative estimate of drug-likeness (QED) is 0.0749. The number of epoxide rings is 1. The maximum absolute atomic E-state index is 13.2. The molecule has 280 valence electrons. The summed E-state index contributed by atoms with van der Waals surface area (Å²) >= 11 is 0. The van der Waals surface area contributed by atoms with E-state index in [1.807, 2.05) is 0 Å². The van der Waals surface area contributed by atoms with E-state index in [4.69, 9.17) is 9.47 Å². The Bertz CT molecular complexity index is 1200. The second-order valence-electron chi connectivity index (χ2n) is 21.0. The summed E-state index contributed by atoms with van der Waals surface area (Å²) in [5, 5.41) is 0. The molecular formula is C46H78O3. The topological polar surface area (TPSA) is 38.8 Å². The Labute approximate surface area is 303 Å². The summed E-state index contributed by atoms with van der Waals surface area (Å²) in [7, 11) is 0. The first-order chi connectivity index (χ1) is 23.1.